The van der Waals surface area contributed by atoms with Gasteiger partial charge >= 0.3 is 0 Å². The molecule has 1 aliphatic rings. The molecule has 2 aromatic heterocycles. The van der Waals surface area contributed by atoms with Gasteiger partial charge in [0.2, 0.25) is 0 Å². The molecule has 0 saturated heterocycles. The van der Waals surface area contributed by atoms with E-state index in [1.165, 1.54) is 36.5 Å². The zero-order valence-electron chi connectivity index (χ0n) is 13.0. The van der Waals surface area contributed by atoms with Crippen LogP contribution in [0.3, 0.4) is 0 Å². The van der Waals surface area contributed by atoms with Crippen molar-refractivity contribution in [1.82, 2.24) is 9.38 Å². The number of fused-ring (bicyclic) bond motifs is 1. The van der Waals surface area contributed by atoms with Gasteiger partial charge in [0.25, 0.3) is 5.56 Å². The summed E-state index contributed by atoms with van der Waals surface area (Å²) in [5.74, 6) is 1.17. The first-order chi connectivity index (χ1) is 10.7. The number of rotatable bonds is 4. The van der Waals surface area contributed by atoms with Crippen molar-refractivity contribution in [3.05, 3.63) is 39.8 Å². The van der Waals surface area contributed by atoms with Crippen molar-refractivity contribution >= 4 is 11.5 Å². The Balaban J connectivity index is 0.00000192. The molecule has 2 heterocycles. The monoisotopic (exact) mass is 317 g/mol. The van der Waals surface area contributed by atoms with Gasteiger partial charge in [-0.1, -0.05) is 32.8 Å². The minimum absolute atomic E-state index is 0. The molecule has 2 N–H and O–H groups in total. The topological polar surface area (TPSA) is 66.6 Å². The molecule has 0 amide bonds. The summed E-state index contributed by atoms with van der Waals surface area (Å²) in [4.78, 5) is 17.1. The summed E-state index contributed by atoms with van der Waals surface area (Å²) in [5, 5.41) is 12.9. The van der Waals surface area contributed by atoms with E-state index in [4.69, 9.17) is 0 Å². The fourth-order valence-corrected chi connectivity index (χ4v) is 3.26. The van der Waals surface area contributed by atoms with Gasteiger partial charge in [-0.25, -0.2) is 4.98 Å². The van der Waals surface area contributed by atoms with Crippen LogP contribution in [0.5, 0.6) is 0 Å². The highest BCUT2D eigenvalue weighted by molar-refractivity contribution is 5.55. The van der Waals surface area contributed by atoms with Crippen LogP contribution in [-0.2, 0) is 6.61 Å². The molecule has 3 rings (SSSR count). The van der Waals surface area contributed by atoms with Gasteiger partial charge in [0.05, 0.1) is 12.2 Å². The van der Waals surface area contributed by atoms with E-state index in [-0.39, 0.29) is 19.6 Å². The summed E-state index contributed by atoms with van der Waals surface area (Å²) >= 11 is 0. The third kappa shape index (κ3) is 3.55. The number of hydrogen-bond donors (Lipinski definition) is 2. The molecule has 23 heavy (non-hydrogen) atoms. The van der Waals surface area contributed by atoms with Crippen LogP contribution in [0.2, 0.25) is 0 Å². The van der Waals surface area contributed by atoms with Crippen molar-refractivity contribution in [1.29, 1.82) is 0 Å². The molecule has 5 heteroatoms. The van der Waals surface area contributed by atoms with E-state index in [1.54, 1.807) is 6.20 Å². The van der Waals surface area contributed by atoms with E-state index in [0.29, 0.717) is 22.9 Å². The van der Waals surface area contributed by atoms with Crippen LogP contribution >= 0.6 is 0 Å². The third-order valence-corrected chi connectivity index (χ3v) is 4.58. The van der Waals surface area contributed by atoms with E-state index in [1.807, 2.05) is 19.1 Å². The Bertz CT molecular complexity index is 718. The molecule has 1 saturated carbocycles. The second-order valence-electron chi connectivity index (χ2n) is 6.17. The predicted octanol–water partition coefficient (Wildman–Crippen LogP) is 3.12. The van der Waals surface area contributed by atoms with E-state index in [9.17, 15) is 9.90 Å². The van der Waals surface area contributed by atoms with E-state index in [2.05, 4.69) is 10.3 Å². The maximum absolute atomic E-state index is 12.5. The quantitative estimate of drug-likeness (QED) is 0.909. The van der Waals surface area contributed by atoms with E-state index >= 15 is 0 Å². The summed E-state index contributed by atoms with van der Waals surface area (Å²) in [7, 11) is 0. The lowest BCUT2D eigenvalue weighted by atomic mass is 9.89. The number of aromatic nitrogens is 2. The fourth-order valence-electron chi connectivity index (χ4n) is 3.26. The first-order valence-electron chi connectivity index (χ1n) is 8.06. The fraction of sp³-hybridized carbons (Fsp3) is 0.556. The molecule has 126 valence electrons. The van der Waals surface area contributed by atoms with Gasteiger partial charge in [-0.05, 0) is 37.3 Å². The zero-order valence-corrected chi connectivity index (χ0v) is 13.0. The molecule has 0 aliphatic heterocycles. The smallest absolute Gasteiger partial charge is 0.265 e. The summed E-state index contributed by atoms with van der Waals surface area (Å²) < 4.78 is 1.51. The first kappa shape index (κ1) is 17.5. The van der Waals surface area contributed by atoms with Crippen LogP contribution in [0, 0.1) is 12.8 Å². The minimum atomic E-state index is -0.296. The third-order valence-electron chi connectivity index (χ3n) is 4.58. The number of anilines is 1. The lowest BCUT2D eigenvalue weighted by Crippen LogP contribution is -2.25. The van der Waals surface area contributed by atoms with Crippen LogP contribution in [-0.4, -0.2) is 21.0 Å². The van der Waals surface area contributed by atoms with E-state index < -0.39 is 0 Å². The Hall–Kier alpha value is -1.88. The average Bonchev–Trinajstić information content (AvgIpc) is 2.55. The van der Waals surface area contributed by atoms with Crippen molar-refractivity contribution in [3.8, 4) is 0 Å². The highest BCUT2D eigenvalue weighted by atomic mass is 16.3. The Morgan fingerprint density at radius 3 is 2.78 bits per heavy atom. The van der Waals surface area contributed by atoms with Crippen molar-refractivity contribution in [2.75, 3.05) is 11.9 Å². The van der Waals surface area contributed by atoms with Crippen molar-refractivity contribution < 1.29 is 5.11 Å². The van der Waals surface area contributed by atoms with Crippen LogP contribution in [0.4, 0.5) is 5.82 Å². The molecule has 0 aromatic carbocycles. The second-order valence-corrected chi connectivity index (χ2v) is 6.17. The summed E-state index contributed by atoms with van der Waals surface area (Å²) in [6, 6.07) is 3.76. The maximum Gasteiger partial charge on any atom is 0.265 e. The van der Waals surface area contributed by atoms with Gasteiger partial charge in [-0.3, -0.25) is 9.20 Å². The minimum Gasteiger partial charge on any atom is -0.391 e. The molecular formula is C18H27N3O2. The zero-order chi connectivity index (χ0) is 15.5. The van der Waals surface area contributed by atoms with Gasteiger partial charge in [-0.15, -0.1) is 0 Å². The molecule has 0 atom stereocenters. The van der Waals surface area contributed by atoms with Crippen molar-refractivity contribution in [2.24, 2.45) is 5.92 Å². The number of nitrogens with one attached hydrogen (secondary N) is 1. The van der Waals surface area contributed by atoms with Gasteiger partial charge < -0.3 is 10.4 Å². The molecule has 0 radical (unpaired) electrons. The number of hydrogen-bond acceptors (Lipinski definition) is 4. The van der Waals surface area contributed by atoms with Gasteiger partial charge in [0, 0.05) is 12.7 Å². The standard InChI is InChI=1S/C17H23N3O2.CH4/c1-12-6-5-9-20-16(12)19-15(14(11-21)17(20)22)18-10-13-7-3-2-4-8-13;/h5-6,9,13,18,21H,2-4,7-8,10-11H2,1H3;1H4. The van der Waals surface area contributed by atoms with Crippen molar-refractivity contribution in [2.45, 2.75) is 53.1 Å². The maximum atomic E-state index is 12.5. The molecule has 2 aromatic rings. The molecular weight excluding hydrogens is 290 g/mol. The summed E-state index contributed by atoms with van der Waals surface area (Å²) in [6.45, 7) is 2.46. The normalized spacial score (nSPS) is 15.4. The molecule has 5 nitrogen and oxygen atoms in total. The molecule has 0 bridgehead atoms. The number of nitrogens with zero attached hydrogens (tertiary/aromatic N) is 2. The van der Waals surface area contributed by atoms with Crippen LogP contribution in [0.1, 0.15) is 50.7 Å². The first-order valence-corrected chi connectivity index (χ1v) is 8.06. The van der Waals surface area contributed by atoms with E-state index in [0.717, 1.165) is 12.1 Å². The van der Waals surface area contributed by atoms with Crippen LogP contribution in [0.25, 0.3) is 5.65 Å². The molecule has 0 spiro atoms. The van der Waals surface area contributed by atoms with Crippen LogP contribution in [0.15, 0.2) is 23.1 Å². The highest BCUT2D eigenvalue weighted by Crippen LogP contribution is 2.24. The summed E-state index contributed by atoms with van der Waals surface area (Å²) in [5.41, 5.74) is 1.75. The van der Waals surface area contributed by atoms with Gasteiger partial charge in [0.15, 0.2) is 0 Å². The molecule has 1 aliphatic carbocycles. The Morgan fingerprint density at radius 1 is 1.35 bits per heavy atom. The van der Waals surface area contributed by atoms with Gasteiger partial charge in [0.1, 0.15) is 11.5 Å². The molecule has 0 unspecified atom stereocenters. The van der Waals surface area contributed by atoms with Gasteiger partial charge in [-0.2, -0.15) is 0 Å². The lowest BCUT2D eigenvalue weighted by Gasteiger charge is -2.22. The number of aliphatic hydroxyl groups excluding tert-OH is 1. The second kappa shape index (κ2) is 7.59. The highest BCUT2D eigenvalue weighted by Gasteiger charge is 2.16. The largest absolute Gasteiger partial charge is 0.391 e. The Morgan fingerprint density at radius 2 is 2.09 bits per heavy atom. The Labute approximate surface area is 137 Å². The lowest BCUT2D eigenvalue weighted by molar-refractivity contribution is 0.280. The Kier molecular flexibility index (Phi) is 5.77. The van der Waals surface area contributed by atoms with Crippen molar-refractivity contribution in [3.63, 3.8) is 0 Å². The SMILES string of the molecule is C.Cc1cccn2c(=O)c(CO)c(NCC3CCCCC3)nc12. The average molecular weight is 317 g/mol. The summed E-state index contributed by atoms with van der Waals surface area (Å²) in [6.07, 6.45) is 8.05. The molecule has 1 fully saturated rings. The van der Waals surface area contributed by atoms with Crippen LogP contribution < -0.4 is 10.9 Å². The number of aryl methyl sites for hydroxylation is 1. The predicted molar refractivity (Wildman–Crippen MR) is 93.9 cm³/mol. The number of aliphatic hydroxyl groups is 1. The number of pyridine rings is 1.